The lowest BCUT2D eigenvalue weighted by Crippen LogP contribution is -2.09. The van der Waals surface area contributed by atoms with Gasteiger partial charge in [0.25, 0.3) is 0 Å². The Labute approximate surface area is 126 Å². The molecule has 0 spiro atoms. The monoisotopic (exact) mass is 302 g/mol. The lowest BCUT2D eigenvalue weighted by Gasteiger charge is -2.09. The Balaban J connectivity index is 1.94. The van der Waals surface area contributed by atoms with E-state index in [4.69, 9.17) is 19.7 Å². The fraction of sp³-hybridized carbons (Fsp3) is 0.125. The van der Waals surface area contributed by atoms with Crippen LogP contribution in [-0.4, -0.2) is 28.9 Å². The summed E-state index contributed by atoms with van der Waals surface area (Å²) in [4.78, 5) is 22.0. The fourth-order valence-corrected chi connectivity index (χ4v) is 1.82. The molecule has 0 aromatic heterocycles. The summed E-state index contributed by atoms with van der Waals surface area (Å²) < 4.78 is 10.6. The van der Waals surface area contributed by atoms with Crippen LogP contribution >= 0.6 is 0 Å². The van der Waals surface area contributed by atoms with Crippen molar-refractivity contribution in [2.75, 3.05) is 6.79 Å². The van der Waals surface area contributed by atoms with Crippen LogP contribution in [0.15, 0.2) is 48.5 Å². The van der Waals surface area contributed by atoms with E-state index in [2.05, 4.69) is 0 Å². The van der Waals surface area contributed by atoms with Gasteiger partial charge >= 0.3 is 11.9 Å². The van der Waals surface area contributed by atoms with Crippen LogP contribution in [0, 0.1) is 0 Å². The highest BCUT2D eigenvalue weighted by Gasteiger charge is 2.16. The second-order valence-corrected chi connectivity index (χ2v) is 4.41. The standard InChI is InChI=1S/C16H14O6/c17-15(18)13-7-6-12(8-14(13)16(19)20)22-10-21-9-11-4-2-1-3-5-11/h1-8H,9-10H2,(H,17,18)(H,19,20). The second kappa shape index (κ2) is 7.24. The number of aromatic carboxylic acids is 2. The molecule has 0 aliphatic rings. The molecule has 0 saturated heterocycles. The van der Waals surface area contributed by atoms with Crippen molar-refractivity contribution in [2.24, 2.45) is 0 Å². The van der Waals surface area contributed by atoms with Crippen LogP contribution in [0.2, 0.25) is 0 Å². The summed E-state index contributed by atoms with van der Waals surface area (Å²) in [5, 5.41) is 17.9. The highest BCUT2D eigenvalue weighted by molar-refractivity contribution is 6.01. The van der Waals surface area contributed by atoms with E-state index < -0.39 is 11.9 Å². The number of benzene rings is 2. The third-order valence-electron chi connectivity index (χ3n) is 2.87. The molecule has 0 aliphatic heterocycles. The topological polar surface area (TPSA) is 93.1 Å². The molecular formula is C16H14O6. The first-order valence-corrected chi connectivity index (χ1v) is 6.43. The lowest BCUT2D eigenvalue weighted by atomic mass is 10.1. The van der Waals surface area contributed by atoms with Crippen molar-refractivity contribution in [2.45, 2.75) is 6.61 Å². The van der Waals surface area contributed by atoms with Crippen LogP contribution in [0.1, 0.15) is 26.3 Å². The van der Waals surface area contributed by atoms with Crippen LogP contribution in [0.25, 0.3) is 0 Å². The van der Waals surface area contributed by atoms with Gasteiger partial charge in [0, 0.05) is 0 Å². The maximum Gasteiger partial charge on any atom is 0.336 e. The Morgan fingerprint density at radius 2 is 1.59 bits per heavy atom. The van der Waals surface area contributed by atoms with Gasteiger partial charge in [-0.25, -0.2) is 9.59 Å². The maximum absolute atomic E-state index is 11.0. The number of ether oxygens (including phenoxy) is 2. The van der Waals surface area contributed by atoms with Gasteiger partial charge in [-0.05, 0) is 23.8 Å². The van der Waals surface area contributed by atoms with Crippen molar-refractivity contribution in [3.63, 3.8) is 0 Å². The molecule has 114 valence electrons. The zero-order valence-corrected chi connectivity index (χ0v) is 11.6. The molecule has 2 aromatic rings. The van der Waals surface area contributed by atoms with Crippen LogP contribution in [0.3, 0.4) is 0 Å². The van der Waals surface area contributed by atoms with Gasteiger partial charge in [0.15, 0.2) is 6.79 Å². The van der Waals surface area contributed by atoms with E-state index >= 15 is 0 Å². The molecule has 0 atom stereocenters. The molecule has 0 amide bonds. The maximum atomic E-state index is 11.0. The Morgan fingerprint density at radius 1 is 0.909 bits per heavy atom. The normalized spacial score (nSPS) is 10.2. The number of rotatable bonds is 7. The van der Waals surface area contributed by atoms with Crippen LogP contribution in [0.5, 0.6) is 5.75 Å². The fourth-order valence-electron chi connectivity index (χ4n) is 1.82. The molecule has 6 nitrogen and oxygen atoms in total. The molecule has 0 unspecified atom stereocenters. The first-order valence-electron chi connectivity index (χ1n) is 6.43. The molecule has 2 N–H and O–H groups in total. The number of carboxylic acids is 2. The molecular weight excluding hydrogens is 288 g/mol. The smallest absolute Gasteiger partial charge is 0.336 e. The van der Waals surface area contributed by atoms with Gasteiger partial charge in [0.1, 0.15) is 5.75 Å². The zero-order valence-electron chi connectivity index (χ0n) is 11.6. The predicted molar refractivity (Wildman–Crippen MR) is 77.1 cm³/mol. The van der Waals surface area contributed by atoms with Gasteiger partial charge in [-0.3, -0.25) is 0 Å². The van der Waals surface area contributed by atoms with E-state index in [1.54, 1.807) is 0 Å². The Hall–Kier alpha value is -2.86. The number of hydrogen-bond acceptors (Lipinski definition) is 4. The number of carboxylic acid groups (broad SMARTS) is 2. The lowest BCUT2D eigenvalue weighted by molar-refractivity contribution is 0.00495. The summed E-state index contributed by atoms with van der Waals surface area (Å²) >= 11 is 0. The predicted octanol–water partition coefficient (Wildman–Crippen LogP) is 2.64. The third-order valence-corrected chi connectivity index (χ3v) is 2.87. The largest absolute Gasteiger partial charge is 0.478 e. The molecule has 0 saturated carbocycles. The van der Waals surface area contributed by atoms with Crippen molar-refractivity contribution >= 4 is 11.9 Å². The Morgan fingerprint density at radius 3 is 2.23 bits per heavy atom. The van der Waals surface area contributed by atoms with E-state index in [1.807, 2.05) is 30.3 Å². The van der Waals surface area contributed by atoms with Gasteiger partial charge in [0.05, 0.1) is 17.7 Å². The summed E-state index contributed by atoms with van der Waals surface area (Å²) in [6.45, 7) is 0.292. The summed E-state index contributed by atoms with van der Waals surface area (Å²) in [5.41, 5.74) is 0.372. The van der Waals surface area contributed by atoms with Crippen molar-refractivity contribution in [3.05, 3.63) is 65.2 Å². The van der Waals surface area contributed by atoms with Crippen LogP contribution in [0.4, 0.5) is 0 Å². The molecule has 22 heavy (non-hydrogen) atoms. The molecule has 0 bridgehead atoms. The average Bonchev–Trinajstić information content (AvgIpc) is 2.52. The molecule has 2 rings (SSSR count). The zero-order chi connectivity index (χ0) is 15.9. The minimum atomic E-state index is -1.33. The van der Waals surface area contributed by atoms with E-state index in [-0.39, 0.29) is 23.7 Å². The Bertz CT molecular complexity index is 666. The average molecular weight is 302 g/mol. The van der Waals surface area contributed by atoms with E-state index in [0.29, 0.717) is 6.61 Å². The van der Waals surface area contributed by atoms with Gasteiger partial charge in [-0.1, -0.05) is 30.3 Å². The van der Waals surface area contributed by atoms with Crippen molar-refractivity contribution in [3.8, 4) is 5.75 Å². The number of hydrogen-bond donors (Lipinski definition) is 2. The SMILES string of the molecule is O=C(O)c1ccc(OCOCc2ccccc2)cc1C(=O)O. The van der Waals surface area contributed by atoms with Crippen LogP contribution in [-0.2, 0) is 11.3 Å². The highest BCUT2D eigenvalue weighted by atomic mass is 16.7. The Kier molecular flexibility index (Phi) is 5.11. The summed E-state index contributed by atoms with van der Waals surface area (Å²) in [5.74, 6) is -2.40. The highest BCUT2D eigenvalue weighted by Crippen LogP contribution is 2.18. The number of carbonyl (C=O) groups is 2. The van der Waals surface area contributed by atoms with Gasteiger partial charge in [-0.2, -0.15) is 0 Å². The molecule has 0 fully saturated rings. The van der Waals surface area contributed by atoms with E-state index in [1.165, 1.54) is 12.1 Å². The summed E-state index contributed by atoms with van der Waals surface area (Å²) in [6, 6.07) is 13.2. The third kappa shape index (κ3) is 4.07. The van der Waals surface area contributed by atoms with Crippen molar-refractivity contribution in [1.82, 2.24) is 0 Å². The molecule has 2 aromatic carbocycles. The first kappa shape index (κ1) is 15.5. The quantitative estimate of drug-likeness (QED) is 0.603. The van der Waals surface area contributed by atoms with E-state index in [9.17, 15) is 9.59 Å². The van der Waals surface area contributed by atoms with E-state index in [0.717, 1.165) is 11.6 Å². The first-order chi connectivity index (χ1) is 10.6. The minimum Gasteiger partial charge on any atom is -0.478 e. The van der Waals surface area contributed by atoms with Gasteiger partial charge in [0.2, 0.25) is 0 Å². The second-order valence-electron chi connectivity index (χ2n) is 4.41. The molecule has 0 aliphatic carbocycles. The molecule has 0 heterocycles. The molecule has 0 radical (unpaired) electrons. The van der Waals surface area contributed by atoms with Gasteiger partial charge < -0.3 is 19.7 Å². The van der Waals surface area contributed by atoms with Gasteiger partial charge in [-0.15, -0.1) is 0 Å². The summed E-state index contributed by atoms with van der Waals surface area (Å²) in [7, 11) is 0. The van der Waals surface area contributed by atoms with Crippen molar-refractivity contribution < 1.29 is 29.3 Å². The van der Waals surface area contributed by atoms with Crippen LogP contribution < -0.4 is 4.74 Å². The van der Waals surface area contributed by atoms with Crippen molar-refractivity contribution in [1.29, 1.82) is 0 Å². The minimum absolute atomic E-state index is 0.0691. The summed E-state index contributed by atoms with van der Waals surface area (Å²) in [6.07, 6.45) is 0. The molecule has 6 heteroatoms.